The van der Waals surface area contributed by atoms with E-state index in [0.29, 0.717) is 17.4 Å². The third kappa shape index (κ3) is 2.64. The van der Waals surface area contributed by atoms with Gasteiger partial charge in [-0.15, -0.1) is 0 Å². The summed E-state index contributed by atoms with van der Waals surface area (Å²) in [4.78, 5) is 17.8. The Labute approximate surface area is 175 Å². The summed E-state index contributed by atoms with van der Waals surface area (Å²) in [5.41, 5.74) is 2.96. The minimum absolute atomic E-state index is 0.0123. The summed E-state index contributed by atoms with van der Waals surface area (Å²) >= 11 is 0. The molecule has 0 saturated heterocycles. The van der Waals surface area contributed by atoms with Crippen LogP contribution in [-0.2, 0) is 5.54 Å². The minimum Gasteiger partial charge on any atom is -0.346 e. The Kier molecular flexibility index (Phi) is 3.73. The van der Waals surface area contributed by atoms with E-state index < -0.39 is 0 Å². The van der Waals surface area contributed by atoms with Gasteiger partial charge in [-0.05, 0) is 57.3 Å². The van der Waals surface area contributed by atoms with Gasteiger partial charge in [0.2, 0.25) is 0 Å². The highest BCUT2D eigenvalue weighted by molar-refractivity contribution is 6.01. The zero-order valence-corrected chi connectivity index (χ0v) is 17.1. The molecule has 2 N–H and O–H groups in total. The highest BCUT2D eigenvalue weighted by Gasteiger charge is 2.59. The first-order chi connectivity index (χ1) is 14.6. The molecule has 30 heavy (non-hydrogen) atoms. The summed E-state index contributed by atoms with van der Waals surface area (Å²) in [6.45, 7) is 1.92. The molecule has 2 atom stereocenters. The Balaban J connectivity index is 1.34. The van der Waals surface area contributed by atoms with Crippen molar-refractivity contribution in [2.75, 3.05) is 0 Å². The molecule has 1 aromatic carbocycles. The summed E-state index contributed by atoms with van der Waals surface area (Å²) in [6, 6.07) is 9.92. The molecular weight excluding hydrogens is 376 g/mol. The van der Waals surface area contributed by atoms with Crippen molar-refractivity contribution in [1.29, 1.82) is 0 Å². The van der Waals surface area contributed by atoms with Crippen molar-refractivity contribution in [2.45, 2.75) is 56.5 Å². The highest BCUT2D eigenvalue weighted by atomic mass is 16.1. The maximum absolute atomic E-state index is 13.6. The van der Waals surface area contributed by atoms with Gasteiger partial charge in [0.1, 0.15) is 18.3 Å². The largest absolute Gasteiger partial charge is 0.346 e. The molecule has 4 bridgehead atoms. The van der Waals surface area contributed by atoms with Crippen molar-refractivity contribution in [1.82, 2.24) is 30.3 Å². The predicted octanol–water partition coefficient (Wildman–Crippen LogP) is 3.45. The monoisotopic (exact) mass is 402 g/mol. The normalized spacial score (nSPS) is 31.8. The number of carbonyl (C=O) groups is 1. The Morgan fingerprint density at radius 2 is 1.93 bits per heavy atom. The molecule has 0 spiro atoms. The van der Waals surface area contributed by atoms with Gasteiger partial charge >= 0.3 is 0 Å². The molecule has 0 aliphatic heterocycles. The van der Waals surface area contributed by atoms with Crippen LogP contribution >= 0.6 is 0 Å². The molecule has 2 heterocycles. The fourth-order valence-electron chi connectivity index (χ4n) is 6.90. The molecule has 4 fully saturated rings. The van der Waals surface area contributed by atoms with Crippen molar-refractivity contribution in [3.8, 4) is 11.3 Å². The molecule has 3 aromatic rings. The van der Waals surface area contributed by atoms with Gasteiger partial charge < -0.3 is 5.32 Å². The first-order valence-corrected chi connectivity index (χ1v) is 10.8. The number of nitrogens with one attached hydrogen (secondary N) is 2. The minimum atomic E-state index is -0.176. The van der Waals surface area contributed by atoms with Gasteiger partial charge in [0.25, 0.3) is 5.91 Å². The van der Waals surface area contributed by atoms with E-state index in [2.05, 4.69) is 30.3 Å². The van der Waals surface area contributed by atoms with Gasteiger partial charge in [0.15, 0.2) is 0 Å². The standard InChI is InChI=1S/C23H26N6O/c1-15-19(20(28-27-15)18-5-3-2-4-6-18)21(30)26-22-8-16-7-17(9-22)11-23(10-16,12-22)29-14-24-13-25-29/h2-6,13-14,16-17H,7-12H2,1H3,(H,26,30)(H,27,28). The van der Waals surface area contributed by atoms with Gasteiger partial charge in [0.05, 0.1) is 11.1 Å². The second-order valence-corrected chi connectivity index (χ2v) is 9.70. The van der Waals surface area contributed by atoms with Crippen molar-refractivity contribution < 1.29 is 4.79 Å². The van der Waals surface area contributed by atoms with Gasteiger partial charge in [-0.3, -0.25) is 9.89 Å². The lowest BCUT2D eigenvalue weighted by Crippen LogP contribution is -2.66. The summed E-state index contributed by atoms with van der Waals surface area (Å²) in [7, 11) is 0. The zero-order chi connectivity index (χ0) is 20.3. The van der Waals surface area contributed by atoms with Crippen molar-refractivity contribution >= 4 is 5.91 Å². The molecule has 1 amide bonds. The molecule has 7 heteroatoms. The van der Waals surface area contributed by atoms with E-state index in [1.165, 1.54) is 6.42 Å². The van der Waals surface area contributed by atoms with Crippen LogP contribution in [0.25, 0.3) is 11.3 Å². The van der Waals surface area contributed by atoms with Crippen LogP contribution in [0.2, 0.25) is 0 Å². The summed E-state index contributed by atoms with van der Waals surface area (Å²) in [6.07, 6.45) is 10.1. The molecule has 7 nitrogen and oxygen atoms in total. The second kappa shape index (κ2) is 6.27. The fourth-order valence-corrected chi connectivity index (χ4v) is 6.90. The van der Waals surface area contributed by atoms with Crippen LogP contribution in [0.1, 0.15) is 54.6 Å². The molecule has 4 aliphatic carbocycles. The molecular formula is C23H26N6O. The van der Waals surface area contributed by atoms with Gasteiger partial charge in [-0.25, -0.2) is 9.67 Å². The molecule has 4 saturated carbocycles. The van der Waals surface area contributed by atoms with E-state index in [4.69, 9.17) is 0 Å². The maximum Gasteiger partial charge on any atom is 0.255 e. The van der Waals surface area contributed by atoms with Gasteiger partial charge in [-0.1, -0.05) is 30.3 Å². The molecule has 7 rings (SSSR count). The third-order valence-corrected chi connectivity index (χ3v) is 7.54. The van der Waals surface area contributed by atoms with E-state index in [0.717, 1.165) is 49.1 Å². The number of aryl methyl sites for hydroxylation is 1. The lowest BCUT2D eigenvalue weighted by atomic mass is 9.50. The number of aromatic amines is 1. The number of amides is 1. The van der Waals surface area contributed by atoms with Crippen LogP contribution in [0.3, 0.4) is 0 Å². The number of H-pyrrole nitrogens is 1. The summed E-state index contributed by atoms with van der Waals surface area (Å²) < 4.78 is 2.07. The van der Waals surface area contributed by atoms with E-state index in [1.54, 1.807) is 6.33 Å². The Morgan fingerprint density at radius 1 is 1.17 bits per heavy atom. The Bertz CT molecular complexity index is 1070. The number of hydrogen-bond acceptors (Lipinski definition) is 4. The van der Waals surface area contributed by atoms with Crippen LogP contribution in [0.15, 0.2) is 43.0 Å². The summed E-state index contributed by atoms with van der Waals surface area (Å²) in [5.74, 6) is 1.25. The number of nitrogens with zero attached hydrogens (tertiary/aromatic N) is 4. The maximum atomic E-state index is 13.6. The molecule has 154 valence electrons. The van der Waals surface area contributed by atoms with Crippen LogP contribution in [0, 0.1) is 18.8 Å². The molecule has 4 aliphatic rings. The Morgan fingerprint density at radius 3 is 2.63 bits per heavy atom. The fraction of sp³-hybridized carbons (Fsp3) is 0.478. The van der Waals surface area contributed by atoms with Crippen molar-refractivity contribution in [2.24, 2.45) is 11.8 Å². The lowest BCUT2D eigenvalue weighted by molar-refractivity contribution is -0.0744. The second-order valence-electron chi connectivity index (χ2n) is 9.70. The van der Waals surface area contributed by atoms with E-state index in [9.17, 15) is 4.79 Å². The average molecular weight is 403 g/mol. The van der Waals surface area contributed by atoms with Gasteiger partial charge in [0, 0.05) is 16.8 Å². The Hall–Kier alpha value is -2.96. The molecule has 2 aromatic heterocycles. The van der Waals surface area contributed by atoms with Crippen molar-refractivity contribution in [3.63, 3.8) is 0 Å². The van der Waals surface area contributed by atoms with Crippen LogP contribution in [0.5, 0.6) is 0 Å². The van der Waals surface area contributed by atoms with Crippen LogP contribution < -0.4 is 5.32 Å². The van der Waals surface area contributed by atoms with Crippen LogP contribution in [0.4, 0.5) is 0 Å². The molecule has 0 radical (unpaired) electrons. The van der Waals surface area contributed by atoms with E-state index in [-0.39, 0.29) is 17.0 Å². The number of aromatic nitrogens is 5. The number of carbonyl (C=O) groups excluding carboxylic acids is 1. The lowest BCUT2D eigenvalue weighted by Gasteiger charge is -2.61. The quantitative estimate of drug-likeness (QED) is 0.700. The number of rotatable bonds is 4. The summed E-state index contributed by atoms with van der Waals surface area (Å²) in [5, 5.41) is 15.5. The number of benzene rings is 1. The SMILES string of the molecule is Cc1[nH]nc(-c2ccccc2)c1C(=O)NC12CC3CC(C1)CC(n1cncn1)(C3)C2. The predicted molar refractivity (Wildman–Crippen MR) is 112 cm³/mol. The van der Waals surface area contributed by atoms with Gasteiger partial charge in [-0.2, -0.15) is 10.2 Å². The van der Waals surface area contributed by atoms with Crippen molar-refractivity contribution in [3.05, 3.63) is 54.2 Å². The van der Waals surface area contributed by atoms with E-state index >= 15 is 0 Å². The third-order valence-electron chi connectivity index (χ3n) is 7.54. The topological polar surface area (TPSA) is 88.5 Å². The average Bonchev–Trinajstić information content (AvgIpc) is 3.37. The first kappa shape index (κ1) is 17.9. The number of hydrogen-bond donors (Lipinski definition) is 2. The molecule has 2 unspecified atom stereocenters. The first-order valence-electron chi connectivity index (χ1n) is 10.8. The zero-order valence-electron chi connectivity index (χ0n) is 17.1. The van der Waals surface area contributed by atoms with E-state index in [1.807, 2.05) is 43.6 Å². The van der Waals surface area contributed by atoms with Crippen LogP contribution in [-0.4, -0.2) is 36.4 Å². The smallest absolute Gasteiger partial charge is 0.255 e. The highest BCUT2D eigenvalue weighted by Crippen LogP contribution is 2.60.